The molecule has 138 valence electrons. The standard InChI is InChI=1S/C20H30N2O3/c1-15-5-3-6-16(2)20(15)25-14-18(23)13-21-11-8-17(9-12-21)22-10-4-7-19(22)24/h3,5-6,17-18,23H,4,7-14H2,1-2H3. The summed E-state index contributed by atoms with van der Waals surface area (Å²) in [6.07, 6.45) is 3.25. The first-order chi connectivity index (χ1) is 12.0. The monoisotopic (exact) mass is 346 g/mol. The second kappa shape index (κ2) is 8.19. The summed E-state index contributed by atoms with van der Waals surface area (Å²) in [5, 5.41) is 10.3. The fraction of sp³-hybridized carbons (Fsp3) is 0.650. The maximum absolute atomic E-state index is 11.9. The lowest BCUT2D eigenvalue weighted by Crippen LogP contribution is -2.47. The van der Waals surface area contributed by atoms with Crippen molar-refractivity contribution in [1.29, 1.82) is 0 Å². The highest BCUT2D eigenvalue weighted by Crippen LogP contribution is 2.24. The number of ether oxygens (including phenoxy) is 1. The fourth-order valence-corrected chi connectivity index (χ4v) is 4.03. The Labute approximate surface area is 150 Å². The van der Waals surface area contributed by atoms with E-state index in [4.69, 9.17) is 4.74 Å². The normalized spacial score (nSPS) is 20.9. The molecular weight excluding hydrogens is 316 g/mol. The Morgan fingerprint density at radius 2 is 1.88 bits per heavy atom. The van der Waals surface area contributed by atoms with Crippen LogP contribution < -0.4 is 4.74 Å². The number of carbonyl (C=O) groups excluding carboxylic acids is 1. The number of aryl methyl sites for hydroxylation is 2. The predicted molar refractivity (Wildman–Crippen MR) is 97.8 cm³/mol. The van der Waals surface area contributed by atoms with Crippen LogP contribution in [0.1, 0.15) is 36.8 Å². The van der Waals surface area contributed by atoms with Crippen LogP contribution >= 0.6 is 0 Å². The molecule has 0 bridgehead atoms. The van der Waals surface area contributed by atoms with E-state index in [1.807, 2.05) is 32.0 Å². The second-order valence-corrected chi connectivity index (χ2v) is 7.41. The molecule has 2 saturated heterocycles. The number of hydrogen-bond donors (Lipinski definition) is 1. The molecular formula is C20H30N2O3. The minimum absolute atomic E-state index is 0.316. The van der Waals surface area contributed by atoms with E-state index in [2.05, 4.69) is 9.80 Å². The minimum Gasteiger partial charge on any atom is -0.490 e. The van der Waals surface area contributed by atoms with Gasteiger partial charge in [-0.05, 0) is 44.2 Å². The van der Waals surface area contributed by atoms with E-state index in [0.29, 0.717) is 31.5 Å². The van der Waals surface area contributed by atoms with Crippen molar-refractivity contribution < 1.29 is 14.6 Å². The number of amides is 1. The molecule has 2 heterocycles. The zero-order valence-corrected chi connectivity index (χ0v) is 15.4. The molecule has 2 aliphatic rings. The number of para-hydroxylation sites is 1. The largest absolute Gasteiger partial charge is 0.490 e. The number of β-amino-alcohol motifs (C(OH)–C–C–N with tert-alkyl or cyclic N) is 1. The van der Waals surface area contributed by atoms with Crippen LogP contribution in [0.5, 0.6) is 5.75 Å². The number of aliphatic hydroxyl groups excluding tert-OH is 1. The zero-order chi connectivity index (χ0) is 17.8. The van der Waals surface area contributed by atoms with Crippen molar-refractivity contribution in [2.45, 2.75) is 51.7 Å². The molecule has 1 N–H and O–H groups in total. The molecule has 3 rings (SSSR count). The van der Waals surface area contributed by atoms with Gasteiger partial charge in [0, 0.05) is 38.6 Å². The van der Waals surface area contributed by atoms with Crippen LogP contribution in [0, 0.1) is 13.8 Å². The third-order valence-electron chi connectivity index (χ3n) is 5.41. The first-order valence-corrected chi connectivity index (χ1v) is 9.43. The van der Waals surface area contributed by atoms with Crippen molar-refractivity contribution in [3.05, 3.63) is 29.3 Å². The molecule has 1 atom stereocenters. The average molecular weight is 346 g/mol. The van der Waals surface area contributed by atoms with Crippen LogP contribution in [-0.4, -0.2) is 65.7 Å². The molecule has 0 radical (unpaired) electrons. The maximum atomic E-state index is 11.9. The van der Waals surface area contributed by atoms with Gasteiger partial charge >= 0.3 is 0 Å². The molecule has 0 spiro atoms. The van der Waals surface area contributed by atoms with Gasteiger partial charge in [0.05, 0.1) is 0 Å². The zero-order valence-electron chi connectivity index (χ0n) is 15.4. The van der Waals surface area contributed by atoms with Crippen molar-refractivity contribution in [3.63, 3.8) is 0 Å². The Balaban J connectivity index is 1.42. The van der Waals surface area contributed by atoms with Crippen molar-refractivity contribution in [1.82, 2.24) is 9.80 Å². The molecule has 0 aliphatic carbocycles. The quantitative estimate of drug-likeness (QED) is 0.857. The van der Waals surface area contributed by atoms with Gasteiger partial charge in [0.1, 0.15) is 18.5 Å². The Bertz CT molecular complexity index is 576. The summed E-state index contributed by atoms with van der Waals surface area (Å²) < 4.78 is 5.86. The lowest BCUT2D eigenvalue weighted by atomic mass is 10.0. The van der Waals surface area contributed by atoms with Crippen molar-refractivity contribution in [2.24, 2.45) is 0 Å². The summed E-state index contributed by atoms with van der Waals surface area (Å²) in [5.41, 5.74) is 2.20. The van der Waals surface area contributed by atoms with Gasteiger partial charge in [0.25, 0.3) is 0 Å². The third-order valence-corrected chi connectivity index (χ3v) is 5.41. The van der Waals surface area contributed by atoms with Crippen LogP contribution in [0.25, 0.3) is 0 Å². The van der Waals surface area contributed by atoms with E-state index >= 15 is 0 Å². The third kappa shape index (κ3) is 4.53. The smallest absolute Gasteiger partial charge is 0.222 e. The Hall–Kier alpha value is -1.59. The van der Waals surface area contributed by atoms with E-state index in [1.165, 1.54) is 0 Å². The number of rotatable bonds is 6. The highest BCUT2D eigenvalue weighted by molar-refractivity contribution is 5.78. The molecule has 1 aromatic carbocycles. The lowest BCUT2D eigenvalue weighted by Gasteiger charge is -2.37. The van der Waals surface area contributed by atoms with Crippen molar-refractivity contribution in [3.8, 4) is 5.75 Å². The van der Waals surface area contributed by atoms with Gasteiger partial charge in [-0.15, -0.1) is 0 Å². The van der Waals surface area contributed by atoms with Gasteiger partial charge in [-0.2, -0.15) is 0 Å². The second-order valence-electron chi connectivity index (χ2n) is 7.41. The van der Waals surface area contributed by atoms with Crippen LogP contribution in [0.2, 0.25) is 0 Å². The molecule has 5 heteroatoms. The summed E-state index contributed by atoms with van der Waals surface area (Å²) in [6.45, 7) is 7.81. The molecule has 1 aromatic rings. The number of likely N-dealkylation sites (tertiary alicyclic amines) is 2. The van der Waals surface area contributed by atoms with Gasteiger partial charge in [-0.3, -0.25) is 4.79 Å². The molecule has 0 saturated carbocycles. The van der Waals surface area contributed by atoms with Gasteiger partial charge in [0.15, 0.2) is 0 Å². The highest BCUT2D eigenvalue weighted by Gasteiger charge is 2.31. The van der Waals surface area contributed by atoms with E-state index in [1.54, 1.807) is 0 Å². The molecule has 1 unspecified atom stereocenters. The molecule has 1 amide bonds. The molecule has 25 heavy (non-hydrogen) atoms. The average Bonchev–Trinajstić information content (AvgIpc) is 3.01. The van der Waals surface area contributed by atoms with Crippen molar-refractivity contribution >= 4 is 5.91 Å². The number of carbonyl (C=O) groups is 1. The topological polar surface area (TPSA) is 53.0 Å². The fourth-order valence-electron chi connectivity index (χ4n) is 4.03. The highest BCUT2D eigenvalue weighted by atomic mass is 16.5. The summed E-state index contributed by atoms with van der Waals surface area (Å²) >= 11 is 0. The Morgan fingerprint density at radius 3 is 2.48 bits per heavy atom. The first kappa shape index (κ1) is 18.2. The Kier molecular flexibility index (Phi) is 5.97. The number of aliphatic hydroxyl groups is 1. The van der Waals surface area contributed by atoms with Gasteiger partial charge < -0.3 is 19.6 Å². The SMILES string of the molecule is Cc1cccc(C)c1OCC(O)CN1CCC(N2CCCC2=O)CC1. The molecule has 2 fully saturated rings. The van der Waals surface area contributed by atoms with E-state index in [-0.39, 0.29) is 0 Å². The summed E-state index contributed by atoms with van der Waals surface area (Å²) in [4.78, 5) is 16.2. The number of benzene rings is 1. The number of nitrogens with zero attached hydrogens (tertiary/aromatic N) is 2. The summed E-state index contributed by atoms with van der Waals surface area (Å²) in [5.74, 6) is 1.20. The Morgan fingerprint density at radius 1 is 1.20 bits per heavy atom. The first-order valence-electron chi connectivity index (χ1n) is 9.43. The number of hydrogen-bond acceptors (Lipinski definition) is 4. The maximum Gasteiger partial charge on any atom is 0.222 e. The molecule has 0 aromatic heterocycles. The molecule has 5 nitrogen and oxygen atoms in total. The van der Waals surface area contributed by atoms with Gasteiger partial charge in [-0.1, -0.05) is 18.2 Å². The van der Waals surface area contributed by atoms with Gasteiger partial charge in [0.2, 0.25) is 5.91 Å². The van der Waals surface area contributed by atoms with E-state index in [9.17, 15) is 9.90 Å². The summed E-state index contributed by atoms with van der Waals surface area (Å²) in [6, 6.07) is 6.47. The van der Waals surface area contributed by atoms with Crippen LogP contribution in [0.4, 0.5) is 0 Å². The van der Waals surface area contributed by atoms with Crippen LogP contribution in [0.3, 0.4) is 0 Å². The lowest BCUT2D eigenvalue weighted by molar-refractivity contribution is -0.130. The van der Waals surface area contributed by atoms with Crippen LogP contribution in [-0.2, 0) is 4.79 Å². The molecule has 2 aliphatic heterocycles. The minimum atomic E-state index is -0.496. The summed E-state index contributed by atoms with van der Waals surface area (Å²) in [7, 11) is 0. The van der Waals surface area contributed by atoms with Crippen LogP contribution in [0.15, 0.2) is 18.2 Å². The van der Waals surface area contributed by atoms with Gasteiger partial charge in [-0.25, -0.2) is 0 Å². The van der Waals surface area contributed by atoms with Crippen molar-refractivity contribution in [2.75, 3.05) is 32.8 Å². The van der Waals surface area contributed by atoms with E-state index < -0.39 is 6.10 Å². The predicted octanol–water partition coefficient (Wildman–Crippen LogP) is 2.13. The number of piperidine rings is 1. The van der Waals surface area contributed by atoms with E-state index in [0.717, 1.165) is 55.8 Å².